The molecule has 0 amide bonds. The summed E-state index contributed by atoms with van der Waals surface area (Å²) in [7, 11) is 0. The van der Waals surface area contributed by atoms with E-state index in [0.29, 0.717) is 0 Å². The highest BCUT2D eigenvalue weighted by atomic mass is 32.1. The predicted octanol–water partition coefficient (Wildman–Crippen LogP) is 4.37. The van der Waals surface area contributed by atoms with E-state index in [4.69, 9.17) is 12.2 Å². The third-order valence-corrected chi connectivity index (χ3v) is 3.32. The van der Waals surface area contributed by atoms with Crippen LogP contribution in [0.5, 0.6) is 0 Å². The van der Waals surface area contributed by atoms with Crippen molar-refractivity contribution in [2.45, 2.75) is 27.7 Å². The van der Waals surface area contributed by atoms with Gasteiger partial charge < -0.3 is 0 Å². The molecule has 0 saturated carbocycles. The highest BCUT2D eigenvalue weighted by molar-refractivity contribution is 7.71. The second kappa shape index (κ2) is 4.71. The molecule has 0 aliphatic carbocycles. The molecule has 2 heterocycles. The number of aromatic nitrogens is 1. The summed E-state index contributed by atoms with van der Waals surface area (Å²) in [5, 5.41) is 0. The molecule has 0 bridgehead atoms. The highest BCUT2D eigenvalue weighted by Gasteiger charge is 1.99. The number of aryl methyl sites for hydroxylation is 2. The molecule has 14 heavy (non-hydrogen) atoms. The molecule has 2 aromatic rings. The number of hydrogen-bond donors (Lipinski definition) is 0. The van der Waals surface area contributed by atoms with Gasteiger partial charge in [0.1, 0.15) is 9.47 Å². The van der Waals surface area contributed by atoms with Gasteiger partial charge >= 0.3 is 0 Å². The second-order valence-corrected chi connectivity index (χ2v) is 4.52. The fourth-order valence-corrected chi connectivity index (χ4v) is 2.67. The van der Waals surface area contributed by atoms with Crippen LogP contribution in [0.2, 0.25) is 0 Å². The Labute approximate surface area is 94.0 Å². The van der Waals surface area contributed by atoms with Crippen molar-refractivity contribution in [1.29, 1.82) is 0 Å². The molecule has 0 aliphatic rings. The topological polar surface area (TPSA) is 4.41 Å². The molecule has 0 aliphatic heterocycles. The van der Waals surface area contributed by atoms with Crippen molar-refractivity contribution in [2.75, 3.05) is 0 Å². The number of rotatable bonds is 0. The summed E-state index contributed by atoms with van der Waals surface area (Å²) in [6.45, 7) is 8.20. The van der Waals surface area contributed by atoms with Crippen LogP contribution in [0, 0.1) is 18.5 Å². The van der Waals surface area contributed by atoms with Crippen LogP contribution in [0.3, 0.4) is 0 Å². The van der Waals surface area contributed by atoms with Crippen LogP contribution in [0.4, 0.5) is 0 Å². The van der Waals surface area contributed by atoms with E-state index in [1.165, 1.54) is 15.3 Å². The maximum Gasteiger partial charge on any atom is 0.112 e. The van der Waals surface area contributed by atoms with E-state index < -0.39 is 0 Å². The summed E-state index contributed by atoms with van der Waals surface area (Å²) in [5.74, 6) is 0. The summed E-state index contributed by atoms with van der Waals surface area (Å²) in [5.41, 5.74) is 1.30. The fraction of sp³-hybridized carbons (Fsp3) is 0.364. The molecular formula is C11H15NS2. The molecule has 3 heteroatoms. The minimum absolute atomic E-state index is 0.898. The van der Waals surface area contributed by atoms with E-state index in [2.05, 4.69) is 24.3 Å². The van der Waals surface area contributed by atoms with Gasteiger partial charge in [-0.25, -0.2) is 0 Å². The SMILES string of the molecule is CC.Cc1cc(=S)n2ccc(C)c2s1. The zero-order valence-corrected chi connectivity index (χ0v) is 10.6. The Morgan fingerprint density at radius 2 is 1.93 bits per heavy atom. The number of nitrogens with zero attached hydrogens (tertiary/aromatic N) is 1. The van der Waals surface area contributed by atoms with Crippen LogP contribution in [0.15, 0.2) is 18.3 Å². The zero-order chi connectivity index (χ0) is 10.7. The summed E-state index contributed by atoms with van der Waals surface area (Å²) in [6.07, 6.45) is 2.03. The Bertz CT molecular complexity index is 479. The molecule has 0 N–H and O–H groups in total. The van der Waals surface area contributed by atoms with Crippen LogP contribution >= 0.6 is 23.6 Å². The lowest BCUT2D eigenvalue weighted by Gasteiger charge is -1.96. The van der Waals surface area contributed by atoms with Gasteiger partial charge in [0, 0.05) is 11.1 Å². The lowest BCUT2D eigenvalue weighted by atomic mass is 10.4. The van der Waals surface area contributed by atoms with Gasteiger partial charge in [-0.1, -0.05) is 26.1 Å². The van der Waals surface area contributed by atoms with Gasteiger partial charge in [0.25, 0.3) is 0 Å². The number of hydrogen-bond acceptors (Lipinski definition) is 2. The largest absolute Gasteiger partial charge is 0.299 e. The Morgan fingerprint density at radius 3 is 2.57 bits per heavy atom. The van der Waals surface area contributed by atoms with Gasteiger partial charge in [0.2, 0.25) is 0 Å². The van der Waals surface area contributed by atoms with E-state index >= 15 is 0 Å². The monoisotopic (exact) mass is 225 g/mol. The minimum Gasteiger partial charge on any atom is -0.299 e. The molecule has 0 spiro atoms. The Balaban J connectivity index is 0.000000461. The van der Waals surface area contributed by atoms with Crippen molar-refractivity contribution in [3.05, 3.63) is 33.4 Å². The molecule has 2 rings (SSSR count). The lowest BCUT2D eigenvalue weighted by molar-refractivity contribution is 1.19. The molecule has 76 valence electrons. The zero-order valence-electron chi connectivity index (χ0n) is 9.00. The van der Waals surface area contributed by atoms with Crippen LogP contribution in [0.1, 0.15) is 24.3 Å². The average Bonchev–Trinajstić information content (AvgIpc) is 2.52. The summed E-state index contributed by atoms with van der Waals surface area (Å²) >= 11 is 7.01. The quantitative estimate of drug-likeness (QED) is 0.602. The van der Waals surface area contributed by atoms with E-state index in [1.807, 2.05) is 26.1 Å². The Morgan fingerprint density at radius 1 is 1.29 bits per heavy atom. The van der Waals surface area contributed by atoms with Crippen LogP contribution in [0.25, 0.3) is 4.83 Å². The molecule has 0 saturated heterocycles. The van der Waals surface area contributed by atoms with Crippen LogP contribution in [-0.4, -0.2) is 4.40 Å². The van der Waals surface area contributed by atoms with Gasteiger partial charge in [-0.15, -0.1) is 11.3 Å². The summed E-state index contributed by atoms with van der Waals surface area (Å²) in [4.78, 5) is 2.54. The molecule has 0 unspecified atom stereocenters. The molecule has 1 nitrogen and oxygen atoms in total. The van der Waals surface area contributed by atoms with E-state index in [1.54, 1.807) is 11.3 Å². The minimum atomic E-state index is 0.898. The first-order valence-electron chi connectivity index (χ1n) is 4.77. The van der Waals surface area contributed by atoms with Crippen LogP contribution < -0.4 is 0 Å². The smallest absolute Gasteiger partial charge is 0.112 e. The van der Waals surface area contributed by atoms with Crippen molar-refractivity contribution in [2.24, 2.45) is 0 Å². The Hall–Kier alpha value is -0.670. The third kappa shape index (κ3) is 2.04. The first kappa shape index (κ1) is 11.4. The molecule has 0 aromatic carbocycles. The van der Waals surface area contributed by atoms with Crippen molar-refractivity contribution in [1.82, 2.24) is 4.40 Å². The maximum atomic E-state index is 5.22. The highest BCUT2D eigenvalue weighted by Crippen LogP contribution is 2.20. The fourth-order valence-electron chi connectivity index (χ4n) is 1.24. The first-order chi connectivity index (χ1) is 6.68. The molecule has 0 radical (unpaired) electrons. The van der Waals surface area contributed by atoms with E-state index in [9.17, 15) is 0 Å². The van der Waals surface area contributed by atoms with E-state index in [0.717, 1.165) is 4.64 Å². The molecule has 0 atom stereocenters. The van der Waals surface area contributed by atoms with Gasteiger partial charge in [-0.05, 0) is 31.5 Å². The first-order valence-corrected chi connectivity index (χ1v) is 5.99. The van der Waals surface area contributed by atoms with E-state index in [-0.39, 0.29) is 0 Å². The summed E-state index contributed by atoms with van der Waals surface area (Å²) in [6, 6.07) is 4.13. The lowest BCUT2D eigenvalue weighted by Crippen LogP contribution is -1.82. The van der Waals surface area contributed by atoms with Crippen molar-refractivity contribution < 1.29 is 0 Å². The second-order valence-electron chi connectivity index (χ2n) is 2.87. The average molecular weight is 225 g/mol. The third-order valence-electron chi connectivity index (χ3n) is 1.85. The van der Waals surface area contributed by atoms with Gasteiger partial charge in [-0.3, -0.25) is 4.40 Å². The molecule has 0 fully saturated rings. The van der Waals surface area contributed by atoms with Crippen molar-refractivity contribution >= 4 is 28.4 Å². The van der Waals surface area contributed by atoms with Gasteiger partial charge in [-0.2, -0.15) is 0 Å². The standard InChI is InChI=1S/C9H9NS2.C2H6/c1-6-3-4-10-8(11)5-7(2)12-9(6)10;1-2/h3-5H,1-2H3;1-2H3. The Kier molecular flexibility index (Phi) is 3.84. The van der Waals surface area contributed by atoms with Gasteiger partial charge in [0.15, 0.2) is 0 Å². The molecular weight excluding hydrogens is 210 g/mol. The number of fused-ring (bicyclic) bond motifs is 1. The van der Waals surface area contributed by atoms with Gasteiger partial charge in [0.05, 0.1) is 0 Å². The van der Waals surface area contributed by atoms with Crippen molar-refractivity contribution in [3.63, 3.8) is 0 Å². The summed E-state index contributed by atoms with van der Waals surface area (Å²) < 4.78 is 2.96. The van der Waals surface area contributed by atoms with Crippen LogP contribution in [-0.2, 0) is 0 Å². The maximum absolute atomic E-state index is 5.22. The normalized spacial score (nSPS) is 9.71. The van der Waals surface area contributed by atoms with Crippen molar-refractivity contribution in [3.8, 4) is 0 Å². The molecule has 2 aromatic heterocycles. The predicted molar refractivity (Wildman–Crippen MR) is 66.9 cm³/mol.